The van der Waals surface area contributed by atoms with Crippen LogP contribution in [-0.4, -0.2) is 27.1 Å². The number of amides is 1. The molecule has 0 aliphatic rings. The number of H-pyrrole nitrogens is 1. The third-order valence-corrected chi connectivity index (χ3v) is 5.03. The fraction of sp³-hybridized carbons (Fsp3) is 0.105. The van der Waals surface area contributed by atoms with Gasteiger partial charge in [0.15, 0.2) is 5.13 Å². The Morgan fingerprint density at radius 1 is 1.28 bits per heavy atom. The molecule has 4 rings (SSSR count). The van der Waals surface area contributed by atoms with Crippen LogP contribution < -0.4 is 15.7 Å². The van der Waals surface area contributed by atoms with Crippen LogP contribution in [0.15, 0.2) is 52.6 Å². The summed E-state index contributed by atoms with van der Waals surface area (Å²) in [5.41, 5.74) is 2.10. The molecule has 1 amide bonds. The number of halogens is 2. The number of para-hydroxylation sites is 1. The highest BCUT2D eigenvalue weighted by atomic mass is 32.1. The minimum absolute atomic E-state index is 0.00385. The van der Waals surface area contributed by atoms with Crippen LogP contribution in [0.2, 0.25) is 0 Å². The first-order chi connectivity index (χ1) is 13.9. The van der Waals surface area contributed by atoms with E-state index in [9.17, 15) is 18.4 Å². The SMILES string of the molecule is Cn1c(=O)[nH]c2cc(C(=O)Nc3nc(-c4ccccc4OC(F)F)cs3)ccc21. The standard InChI is InChI=1S/C19H14F2N4O3S/c1-25-14-7-6-10(8-12(14)23-19(25)27)16(26)24-18-22-13(9-29-18)11-4-2-3-5-15(11)28-17(20)21/h2-9,17H,1H3,(H,23,27)(H,22,24,26). The zero-order valence-electron chi connectivity index (χ0n) is 15.0. The van der Waals surface area contributed by atoms with Crippen molar-refractivity contribution in [1.82, 2.24) is 14.5 Å². The number of hydrogen-bond acceptors (Lipinski definition) is 5. The number of hydrogen-bond donors (Lipinski definition) is 2. The van der Waals surface area contributed by atoms with Crippen LogP contribution in [0.25, 0.3) is 22.3 Å². The third-order valence-electron chi connectivity index (χ3n) is 4.27. The Morgan fingerprint density at radius 2 is 2.07 bits per heavy atom. The van der Waals surface area contributed by atoms with Gasteiger partial charge in [0.05, 0.1) is 16.7 Å². The summed E-state index contributed by atoms with van der Waals surface area (Å²) in [5, 5.41) is 4.62. The van der Waals surface area contributed by atoms with Gasteiger partial charge in [-0.2, -0.15) is 8.78 Å². The van der Waals surface area contributed by atoms with E-state index >= 15 is 0 Å². The minimum Gasteiger partial charge on any atom is -0.434 e. The second kappa shape index (κ2) is 7.47. The Balaban J connectivity index is 1.57. The van der Waals surface area contributed by atoms with Crippen LogP contribution in [0.5, 0.6) is 5.75 Å². The lowest BCUT2D eigenvalue weighted by Gasteiger charge is -2.08. The number of aromatic amines is 1. The average molecular weight is 416 g/mol. The second-order valence-corrected chi connectivity index (χ2v) is 6.95. The Hall–Kier alpha value is -3.53. The topological polar surface area (TPSA) is 89.0 Å². The summed E-state index contributed by atoms with van der Waals surface area (Å²) in [4.78, 5) is 31.2. The Kier molecular flexibility index (Phi) is 4.85. The van der Waals surface area contributed by atoms with Crippen molar-refractivity contribution in [3.63, 3.8) is 0 Å². The number of alkyl halides is 2. The maximum Gasteiger partial charge on any atom is 0.387 e. The number of nitrogens with zero attached hydrogens (tertiary/aromatic N) is 2. The number of benzene rings is 2. The summed E-state index contributed by atoms with van der Waals surface area (Å²) in [6, 6.07) is 11.2. The van der Waals surface area contributed by atoms with Gasteiger partial charge in [-0.05, 0) is 30.3 Å². The van der Waals surface area contributed by atoms with Gasteiger partial charge >= 0.3 is 12.3 Å². The van der Waals surface area contributed by atoms with Gasteiger partial charge in [0.1, 0.15) is 5.75 Å². The van der Waals surface area contributed by atoms with Gasteiger partial charge in [-0.15, -0.1) is 11.3 Å². The lowest BCUT2D eigenvalue weighted by molar-refractivity contribution is -0.0494. The van der Waals surface area contributed by atoms with E-state index in [1.807, 2.05) is 0 Å². The molecule has 29 heavy (non-hydrogen) atoms. The molecule has 0 aliphatic carbocycles. The van der Waals surface area contributed by atoms with Gasteiger partial charge in [-0.25, -0.2) is 9.78 Å². The van der Waals surface area contributed by atoms with E-state index in [0.29, 0.717) is 33.0 Å². The van der Waals surface area contributed by atoms with Crippen LogP contribution in [0.1, 0.15) is 10.4 Å². The number of carbonyl (C=O) groups is 1. The zero-order valence-corrected chi connectivity index (χ0v) is 15.8. The molecule has 0 fully saturated rings. The normalized spacial score (nSPS) is 11.2. The molecule has 0 spiro atoms. The largest absolute Gasteiger partial charge is 0.434 e. The van der Waals surface area contributed by atoms with Gasteiger partial charge in [-0.1, -0.05) is 12.1 Å². The highest BCUT2D eigenvalue weighted by molar-refractivity contribution is 7.14. The molecule has 2 aromatic carbocycles. The molecule has 0 unspecified atom stereocenters. The number of aryl methyl sites for hydroxylation is 1. The third kappa shape index (κ3) is 3.74. The van der Waals surface area contributed by atoms with Crippen molar-refractivity contribution in [2.24, 2.45) is 7.05 Å². The lowest BCUT2D eigenvalue weighted by atomic mass is 10.1. The van der Waals surface area contributed by atoms with Crippen LogP contribution in [-0.2, 0) is 7.05 Å². The highest BCUT2D eigenvalue weighted by Crippen LogP contribution is 2.33. The number of carbonyl (C=O) groups excluding carboxylic acids is 1. The van der Waals surface area contributed by atoms with Crippen molar-refractivity contribution >= 4 is 33.4 Å². The first-order valence-corrected chi connectivity index (χ1v) is 9.30. The number of imidazole rings is 1. The summed E-state index contributed by atoms with van der Waals surface area (Å²) < 4.78 is 31.2. The summed E-state index contributed by atoms with van der Waals surface area (Å²) >= 11 is 1.16. The van der Waals surface area contributed by atoms with Crippen LogP contribution in [0.3, 0.4) is 0 Å². The average Bonchev–Trinajstić information content (AvgIpc) is 3.26. The molecule has 0 saturated carbocycles. The number of anilines is 1. The van der Waals surface area contributed by atoms with E-state index < -0.39 is 12.5 Å². The van der Waals surface area contributed by atoms with E-state index in [2.05, 4.69) is 20.0 Å². The van der Waals surface area contributed by atoms with E-state index in [1.54, 1.807) is 48.8 Å². The van der Waals surface area contributed by atoms with Crippen molar-refractivity contribution in [1.29, 1.82) is 0 Å². The summed E-state index contributed by atoms with van der Waals surface area (Å²) in [6.07, 6.45) is 0. The Morgan fingerprint density at radius 3 is 2.86 bits per heavy atom. The molecule has 0 aliphatic heterocycles. The number of rotatable bonds is 5. The molecule has 0 atom stereocenters. The summed E-state index contributed by atoms with van der Waals surface area (Å²) in [5.74, 6) is -0.404. The van der Waals surface area contributed by atoms with Crippen molar-refractivity contribution in [2.75, 3.05) is 5.32 Å². The fourth-order valence-electron chi connectivity index (χ4n) is 2.88. The zero-order chi connectivity index (χ0) is 20.5. The summed E-state index contributed by atoms with van der Waals surface area (Å²) in [7, 11) is 1.63. The molecule has 0 radical (unpaired) electrons. The van der Waals surface area contributed by atoms with Gasteiger partial charge in [0.2, 0.25) is 0 Å². The molecule has 0 bridgehead atoms. The molecule has 148 valence electrons. The second-order valence-electron chi connectivity index (χ2n) is 6.09. The first kappa shape index (κ1) is 18.8. The van der Waals surface area contributed by atoms with Gasteiger partial charge in [0.25, 0.3) is 5.91 Å². The highest BCUT2D eigenvalue weighted by Gasteiger charge is 2.15. The van der Waals surface area contributed by atoms with Crippen molar-refractivity contribution in [3.8, 4) is 17.0 Å². The number of nitrogens with one attached hydrogen (secondary N) is 2. The summed E-state index contributed by atoms with van der Waals surface area (Å²) in [6.45, 7) is -2.95. The smallest absolute Gasteiger partial charge is 0.387 e. The monoisotopic (exact) mass is 416 g/mol. The number of thiazole rings is 1. The molecule has 0 saturated heterocycles. The first-order valence-electron chi connectivity index (χ1n) is 8.42. The van der Waals surface area contributed by atoms with Gasteiger partial charge in [-0.3, -0.25) is 14.7 Å². The number of fused-ring (bicyclic) bond motifs is 1. The van der Waals surface area contributed by atoms with E-state index in [1.165, 1.54) is 10.6 Å². The molecule has 10 heteroatoms. The molecule has 4 aromatic rings. The number of ether oxygens (including phenoxy) is 1. The Bertz CT molecular complexity index is 1260. The van der Waals surface area contributed by atoms with Crippen LogP contribution >= 0.6 is 11.3 Å². The fourth-order valence-corrected chi connectivity index (χ4v) is 3.59. The molecule has 2 aromatic heterocycles. The predicted molar refractivity (Wildman–Crippen MR) is 106 cm³/mol. The molecule has 2 heterocycles. The van der Waals surface area contributed by atoms with E-state index in [0.717, 1.165) is 11.3 Å². The lowest BCUT2D eigenvalue weighted by Crippen LogP contribution is -2.12. The maximum absolute atomic E-state index is 12.6. The van der Waals surface area contributed by atoms with Crippen LogP contribution in [0, 0.1) is 0 Å². The van der Waals surface area contributed by atoms with Crippen molar-refractivity contribution < 1.29 is 18.3 Å². The number of aromatic nitrogens is 3. The Labute approximate surface area is 166 Å². The van der Waals surface area contributed by atoms with Crippen LogP contribution in [0.4, 0.5) is 13.9 Å². The van der Waals surface area contributed by atoms with E-state index in [-0.39, 0.29) is 11.4 Å². The quantitative estimate of drug-likeness (QED) is 0.517. The van der Waals surface area contributed by atoms with E-state index in [4.69, 9.17) is 0 Å². The van der Waals surface area contributed by atoms with Crippen molar-refractivity contribution in [3.05, 3.63) is 63.9 Å². The molecular weight excluding hydrogens is 402 g/mol. The maximum atomic E-state index is 12.6. The van der Waals surface area contributed by atoms with Gasteiger partial charge in [0, 0.05) is 23.6 Å². The minimum atomic E-state index is -2.95. The molecule has 7 nitrogen and oxygen atoms in total. The molecular formula is C19H14F2N4O3S. The van der Waals surface area contributed by atoms with Gasteiger partial charge < -0.3 is 9.72 Å². The predicted octanol–water partition coefficient (Wildman–Crippen LogP) is 3.84. The molecule has 2 N–H and O–H groups in total. The van der Waals surface area contributed by atoms with Crippen molar-refractivity contribution in [2.45, 2.75) is 6.61 Å².